The van der Waals surface area contributed by atoms with Crippen LogP contribution in [0.5, 0.6) is 5.75 Å². The molecule has 1 N–H and O–H groups in total. The molecule has 3 nitrogen and oxygen atoms in total. The lowest BCUT2D eigenvalue weighted by Crippen LogP contribution is -2.04. The average Bonchev–Trinajstić information content (AvgIpc) is 2.45. The van der Waals surface area contributed by atoms with Crippen molar-refractivity contribution in [3.8, 4) is 5.75 Å². The number of rotatable bonds is 4. The van der Waals surface area contributed by atoms with Crippen LogP contribution in [-0.4, -0.2) is 17.7 Å². The van der Waals surface area contributed by atoms with E-state index >= 15 is 0 Å². The maximum atomic E-state index is 11.6. The molecule has 0 saturated carbocycles. The Balaban J connectivity index is 1.84. The van der Waals surface area contributed by atoms with E-state index < -0.39 is 5.97 Å². The molecular weight excluding hydrogens is 240 g/mol. The minimum absolute atomic E-state index is 0.125. The normalized spacial score (nSPS) is 10.5. The first kappa shape index (κ1) is 12.9. The molecular formula is C16H14O3. The number of aromatic hydroxyl groups is 1. The highest BCUT2D eigenvalue weighted by Crippen LogP contribution is 2.10. The van der Waals surface area contributed by atoms with Gasteiger partial charge in [-0.2, -0.15) is 0 Å². The molecule has 0 amide bonds. The summed E-state index contributed by atoms with van der Waals surface area (Å²) < 4.78 is 5.08. The Morgan fingerprint density at radius 1 is 1.05 bits per heavy atom. The predicted octanol–water partition coefficient (Wildman–Crippen LogP) is 3.26. The van der Waals surface area contributed by atoms with Gasteiger partial charge in [0, 0.05) is 0 Å². The number of carbonyl (C=O) groups is 1. The quantitative estimate of drug-likeness (QED) is 0.852. The number of hydrogen-bond acceptors (Lipinski definition) is 3. The Bertz CT molecular complexity index is 556. The highest BCUT2D eigenvalue weighted by atomic mass is 16.5. The first-order chi connectivity index (χ1) is 9.25. The third-order valence-electron chi connectivity index (χ3n) is 2.52. The molecule has 0 radical (unpaired) electrons. The Hall–Kier alpha value is -2.55. The SMILES string of the molecule is O=C(OCC=Cc1ccccc1)c1ccc(O)cc1. The van der Waals surface area contributed by atoms with E-state index in [-0.39, 0.29) is 12.4 Å². The average molecular weight is 254 g/mol. The molecule has 0 atom stereocenters. The zero-order valence-corrected chi connectivity index (χ0v) is 10.3. The van der Waals surface area contributed by atoms with Crippen LogP contribution in [0.25, 0.3) is 6.08 Å². The molecule has 19 heavy (non-hydrogen) atoms. The first-order valence-electron chi connectivity index (χ1n) is 5.93. The molecule has 2 rings (SSSR count). The standard InChI is InChI=1S/C16H14O3/c17-15-10-8-14(9-11-15)16(18)19-12-4-7-13-5-2-1-3-6-13/h1-11,17H,12H2. The molecule has 0 aromatic heterocycles. The molecule has 0 bridgehead atoms. The highest BCUT2D eigenvalue weighted by molar-refractivity contribution is 5.89. The summed E-state index contributed by atoms with van der Waals surface area (Å²) in [6.45, 7) is 0.217. The number of carbonyl (C=O) groups excluding carboxylic acids is 1. The highest BCUT2D eigenvalue weighted by Gasteiger charge is 2.05. The van der Waals surface area contributed by atoms with E-state index in [4.69, 9.17) is 9.84 Å². The van der Waals surface area contributed by atoms with Crippen LogP contribution in [0.15, 0.2) is 60.7 Å². The number of hydrogen-bond donors (Lipinski definition) is 1. The third-order valence-corrected chi connectivity index (χ3v) is 2.52. The number of esters is 1. The zero-order valence-electron chi connectivity index (χ0n) is 10.3. The molecule has 2 aromatic rings. The number of phenols is 1. The van der Waals surface area contributed by atoms with Crippen LogP contribution >= 0.6 is 0 Å². The van der Waals surface area contributed by atoms with Crippen molar-refractivity contribution in [2.75, 3.05) is 6.61 Å². The predicted molar refractivity (Wildman–Crippen MR) is 73.9 cm³/mol. The van der Waals surface area contributed by atoms with E-state index in [0.717, 1.165) is 5.56 Å². The summed E-state index contributed by atoms with van der Waals surface area (Å²) in [4.78, 5) is 11.6. The van der Waals surface area contributed by atoms with Gasteiger partial charge in [-0.25, -0.2) is 4.79 Å². The molecule has 0 saturated heterocycles. The van der Waals surface area contributed by atoms with Gasteiger partial charge in [0.05, 0.1) is 5.56 Å². The van der Waals surface area contributed by atoms with Gasteiger partial charge >= 0.3 is 5.97 Å². The molecule has 0 spiro atoms. The largest absolute Gasteiger partial charge is 0.508 e. The maximum absolute atomic E-state index is 11.6. The molecule has 0 aliphatic heterocycles. The Morgan fingerprint density at radius 3 is 2.42 bits per heavy atom. The van der Waals surface area contributed by atoms with Crippen molar-refractivity contribution in [3.05, 3.63) is 71.8 Å². The fourth-order valence-corrected chi connectivity index (χ4v) is 1.55. The van der Waals surface area contributed by atoms with Gasteiger partial charge in [-0.3, -0.25) is 0 Å². The maximum Gasteiger partial charge on any atom is 0.338 e. The van der Waals surface area contributed by atoms with Crippen LogP contribution in [0, 0.1) is 0 Å². The van der Waals surface area contributed by atoms with Gasteiger partial charge in [0.25, 0.3) is 0 Å². The smallest absolute Gasteiger partial charge is 0.338 e. The van der Waals surface area contributed by atoms with Gasteiger partial charge in [-0.1, -0.05) is 36.4 Å². The Kier molecular flexibility index (Phi) is 4.34. The monoisotopic (exact) mass is 254 g/mol. The van der Waals surface area contributed by atoms with E-state index in [1.54, 1.807) is 6.08 Å². The van der Waals surface area contributed by atoms with Crippen LogP contribution in [-0.2, 0) is 4.74 Å². The third kappa shape index (κ3) is 4.00. The van der Waals surface area contributed by atoms with Gasteiger partial charge in [-0.15, -0.1) is 0 Å². The lowest BCUT2D eigenvalue weighted by molar-refractivity contribution is 0.0550. The van der Waals surface area contributed by atoms with Crippen molar-refractivity contribution in [1.29, 1.82) is 0 Å². The van der Waals surface area contributed by atoms with Crippen molar-refractivity contribution in [1.82, 2.24) is 0 Å². The van der Waals surface area contributed by atoms with E-state index in [9.17, 15) is 4.79 Å². The topological polar surface area (TPSA) is 46.5 Å². The summed E-state index contributed by atoms with van der Waals surface area (Å²) in [5.74, 6) is -0.279. The number of benzene rings is 2. The van der Waals surface area contributed by atoms with Crippen molar-refractivity contribution < 1.29 is 14.6 Å². The van der Waals surface area contributed by atoms with E-state index in [2.05, 4.69) is 0 Å². The van der Waals surface area contributed by atoms with E-state index in [1.807, 2.05) is 36.4 Å². The fraction of sp³-hybridized carbons (Fsp3) is 0.0625. The lowest BCUT2D eigenvalue weighted by Gasteiger charge is -2.01. The second kappa shape index (κ2) is 6.40. The molecule has 96 valence electrons. The second-order valence-corrected chi connectivity index (χ2v) is 3.96. The lowest BCUT2D eigenvalue weighted by atomic mass is 10.2. The van der Waals surface area contributed by atoms with Gasteiger partial charge in [0.1, 0.15) is 12.4 Å². The van der Waals surface area contributed by atoms with Crippen molar-refractivity contribution in [3.63, 3.8) is 0 Å². The summed E-state index contributed by atoms with van der Waals surface area (Å²) in [5.41, 5.74) is 1.48. The van der Waals surface area contributed by atoms with Crippen LogP contribution in [0.2, 0.25) is 0 Å². The molecule has 0 aliphatic rings. The molecule has 3 heteroatoms. The summed E-state index contributed by atoms with van der Waals surface area (Å²) in [7, 11) is 0. The van der Waals surface area contributed by atoms with Crippen LogP contribution in [0.4, 0.5) is 0 Å². The number of ether oxygens (including phenoxy) is 1. The van der Waals surface area contributed by atoms with E-state index in [0.29, 0.717) is 5.56 Å². The second-order valence-electron chi connectivity index (χ2n) is 3.96. The van der Waals surface area contributed by atoms with Crippen molar-refractivity contribution in [2.24, 2.45) is 0 Å². The van der Waals surface area contributed by atoms with Gasteiger partial charge in [0.2, 0.25) is 0 Å². The Labute approximate surface area is 111 Å². The summed E-state index contributed by atoms with van der Waals surface area (Å²) in [5, 5.41) is 9.12. The van der Waals surface area contributed by atoms with E-state index in [1.165, 1.54) is 24.3 Å². The molecule has 0 aliphatic carbocycles. The Morgan fingerprint density at radius 2 is 1.74 bits per heavy atom. The van der Waals surface area contributed by atoms with Crippen molar-refractivity contribution >= 4 is 12.0 Å². The molecule has 0 unspecified atom stereocenters. The van der Waals surface area contributed by atoms with Crippen LogP contribution in [0.3, 0.4) is 0 Å². The summed E-state index contributed by atoms with van der Waals surface area (Å²) in [6, 6.07) is 15.7. The minimum Gasteiger partial charge on any atom is -0.508 e. The number of phenolic OH excluding ortho intramolecular Hbond substituents is 1. The minimum atomic E-state index is -0.405. The van der Waals surface area contributed by atoms with Gasteiger partial charge < -0.3 is 9.84 Å². The summed E-state index contributed by atoms with van der Waals surface area (Å²) >= 11 is 0. The van der Waals surface area contributed by atoms with Gasteiger partial charge in [0.15, 0.2) is 0 Å². The fourth-order valence-electron chi connectivity index (χ4n) is 1.55. The molecule has 2 aromatic carbocycles. The molecule has 0 fully saturated rings. The van der Waals surface area contributed by atoms with Crippen molar-refractivity contribution in [2.45, 2.75) is 0 Å². The first-order valence-corrected chi connectivity index (χ1v) is 5.93. The summed E-state index contributed by atoms with van der Waals surface area (Å²) in [6.07, 6.45) is 3.68. The zero-order chi connectivity index (χ0) is 13.5. The van der Waals surface area contributed by atoms with Crippen LogP contribution in [0.1, 0.15) is 15.9 Å². The van der Waals surface area contributed by atoms with Crippen LogP contribution < -0.4 is 0 Å². The van der Waals surface area contributed by atoms with Gasteiger partial charge in [-0.05, 0) is 35.9 Å². The molecule has 0 heterocycles.